The zero-order valence-electron chi connectivity index (χ0n) is 15.4. The first-order valence-electron chi connectivity index (χ1n) is 9.08. The van der Waals surface area contributed by atoms with Gasteiger partial charge >= 0.3 is 0 Å². The highest BCUT2D eigenvalue weighted by atomic mass is 15.1. The Balaban J connectivity index is 1.63. The Labute approximate surface area is 154 Å². The van der Waals surface area contributed by atoms with Gasteiger partial charge in [-0.2, -0.15) is 0 Å². The van der Waals surface area contributed by atoms with E-state index in [9.17, 15) is 0 Å². The van der Waals surface area contributed by atoms with E-state index in [0.29, 0.717) is 11.9 Å². The Morgan fingerprint density at radius 2 is 1.73 bits per heavy atom. The molecule has 5 heteroatoms. The Bertz CT molecular complexity index is 933. The van der Waals surface area contributed by atoms with E-state index in [4.69, 9.17) is 9.97 Å². The molecule has 0 amide bonds. The molecular weight excluding hydrogens is 322 g/mol. The minimum atomic E-state index is 0.155. The molecule has 1 N–H and O–H groups in total. The summed E-state index contributed by atoms with van der Waals surface area (Å²) in [7, 11) is 0. The topological polar surface area (TPSA) is 63.6 Å². The van der Waals surface area contributed by atoms with Crippen molar-refractivity contribution in [3.8, 4) is 11.3 Å². The molecule has 132 valence electrons. The van der Waals surface area contributed by atoms with E-state index in [1.54, 1.807) is 6.20 Å². The lowest BCUT2D eigenvalue weighted by atomic mass is 10.1. The summed E-state index contributed by atoms with van der Waals surface area (Å²) in [6, 6.07) is 12.3. The Hall–Kier alpha value is -2.82. The van der Waals surface area contributed by atoms with Crippen molar-refractivity contribution in [3.05, 3.63) is 65.4 Å². The molecule has 0 unspecified atom stereocenters. The highest BCUT2D eigenvalue weighted by Gasteiger charge is 2.33. The molecule has 26 heavy (non-hydrogen) atoms. The summed E-state index contributed by atoms with van der Waals surface area (Å²) in [6.45, 7) is 6.04. The van der Waals surface area contributed by atoms with Gasteiger partial charge in [0.15, 0.2) is 0 Å². The van der Waals surface area contributed by atoms with E-state index >= 15 is 0 Å². The second kappa shape index (κ2) is 6.83. The molecule has 0 radical (unpaired) electrons. The first-order chi connectivity index (χ1) is 12.6. The maximum atomic E-state index is 4.74. The highest BCUT2D eigenvalue weighted by molar-refractivity contribution is 5.62. The molecule has 1 saturated carbocycles. The van der Waals surface area contributed by atoms with Crippen molar-refractivity contribution in [1.82, 2.24) is 19.9 Å². The third-order valence-corrected chi connectivity index (χ3v) is 4.76. The number of rotatable bonds is 5. The van der Waals surface area contributed by atoms with E-state index in [-0.39, 0.29) is 6.04 Å². The summed E-state index contributed by atoms with van der Waals surface area (Å²) in [4.78, 5) is 18.4. The van der Waals surface area contributed by atoms with Crippen molar-refractivity contribution in [1.29, 1.82) is 0 Å². The summed E-state index contributed by atoms with van der Waals surface area (Å²) < 4.78 is 0. The summed E-state index contributed by atoms with van der Waals surface area (Å²) >= 11 is 0. The number of nitrogens with one attached hydrogen (secondary N) is 1. The number of nitrogens with zero attached hydrogens (tertiary/aromatic N) is 4. The van der Waals surface area contributed by atoms with Gasteiger partial charge in [0.1, 0.15) is 0 Å². The van der Waals surface area contributed by atoms with Gasteiger partial charge in [0.25, 0.3) is 0 Å². The van der Waals surface area contributed by atoms with Gasteiger partial charge in [-0.3, -0.25) is 9.97 Å². The smallest absolute Gasteiger partial charge is 0.223 e. The molecule has 1 aliphatic carbocycles. The van der Waals surface area contributed by atoms with Crippen LogP contribution in [0, 0.1) is 26.7 Å². The van der Waals surface area contributed by atoms with E-state index in [1.807, 2.05) is 39.0 Å². The molecule has 3 aromatic rings. The van der Waals surface area contributed by atoms with Crippen LogP contribution >= 0.6 is 0 Å². The van der Waals surface area contributed by atoms with Crippen LogP contribution in [-0.4, -0.2) is 19.9 Å². The molecule has 1 aliphatic rings. The first kappa shape index (κ1) is 16.6. The molecule has 0 aliphatic heterocycles. The lowest BCUT2D eigenvalue weighted by Gasteiger charge is -2.18. The summed E-state index contributed by atoms with van der Waals surface area (Å²) in [5, 5.41) is 3.52. The lowest BCUT2D eigenvalue weighted by Crippen LogP contribution is -2.16. The van der Waals surface area contributed by atoms with Crippen LogP contribution in [0.1, 0.15) is 41.7 Å². The molecule has 5 nitrogen and oxygen atoms in total. The second-order valence-corrected chi connectivity index (χ2v) is 7.01. The van der Waals surface area contributed by atoms with Crippen LogP contribution in [0.15, 0.2) is 42.6 Å². The number of pyridine rings is 2. The van der Waals surface area contributed by atoms with Gasteiger partial charge in [0, 0.05) is 28.8 Å². The van der Waals surface area contributed by atoms with Crippen molar-refractivity contribution in [2.75, 3.05) is 5.32 Å². The lowest BCUT2D eigenvalue weighted by molar-refractivity contribution is 0.649. The zero-order valence-corrected chi connectivity index (χ0v) is 15.4. The maximum absolute atomic E-state index is 4.74. The van der Waals surface area contributed by atoms with Gasteiger partial charge in [-0.25, -0.2) is 9.97 Å². The molecule has 0 spiro atoms. The van der Waals surface area contributed by atoms with Gasteiger partial charge in [0.05, 0.1) is 17.4 Å². The van der Waals surface area contributed by atoms with Crippen LogP contribution in [0.25, 0.3) is 11.3 Å². The summed E-state index contributed by atoms with van der Waals surface area (Å²) in [5.41, 5.74) is 6.02. The SMILES string of the molecule is Cc1cccc([C@H](Nc2nccc(-c3ccc(C)nc3C)n2)C2CC2)n1. The zero-order chi connectivity index (χ0) is 18.1. The predicted molar refractivity (Wildman–Crippen MR) is 103 cm³/mol. The van der Waals surface area contributed by atoms with Gasteiger partial charge in [-0.1, -0.05) is 6.07 Å². The van der Waals surface area contributed by atoms with Crippen molar-refractivity contribution >= 4 is 5.95 Å². The average molecular weight is 345 g/mol. The van der Waals surface area contributed by atoms with Crippen molar-refractivity contribution < 1.29 is 0 Å². The fraction of sp³-hybridized carbons (Fsp3) is 0.333. The fourth-order valence-corrected chi connectivity index (χ4v) is 3.27. The first-order valence-corrected chi connectivity index (χ1v) is 9.08. The Kier molecular flexibility index (Phi) is 4.37. The second-order valence-electron chi connectivity index (χ2n) is 7.01. The minimum absolute atomic E-state index is 0.155. The molecule has 1 atom stereocenters. The molecule has 0 saturated heterocycles. The molecule has 4 rings (SSSR count). The van der Waals surface area contributed by atoms with Gasteiger partial charge < -0.3 is 5.32 Å². The number of aryl methyl sites for hydroxylation is 3. The summed E-state index contributed by atoms with van der Waals surface area (Å²) in [5.74, 6) is 1.24. The maximum Gasteiger partial charge on any atom is 0.223 e. The number of hydrogen-bond acceptors (Lipinski definition) is 5. The Morgan fingerprint density at radius 1 is 0.923 bits per heavy atom. The van der Waals surface area contributed by atoms with Crippen molar-refractivity contribution in [3.63, 3.8) is 0 Å². The van der Waals surface area contributed by atoms with E-state index in [1.165, 1.54) is 12.8 Å². The van der Waals surface area contributed by atoms with Crippen molar-refractivity contribution in [2.45, 2.75) is 39.7 Å². The third kappa shape index (κ3) is 3.57. The van der Waals surface area contributed by atoms with Crippen molar-refractivity contribution in [2.24, 2.45) is 5.92 Å². The predicted octanol–water partition coefficient (Wildman–Crippen LogP) is 4.42. The van der Waals surface area contributed by atoms with Crippen LogP contribution in [0.2, 0.25) is 0 Å². The standard InChI is InChI=1S/C21H23N5/c1-13-5-4-6-19(24-13)20(16-8-9-16)26-21-22-12-11-18(25-21)17-10-7-14(2)23-15(17)3/h4-7,10-12,16,20H,8-9H2,1-3H3,(H,22,25,26)/t20-/m1/s1. The molecule has 0 bridgehead atoms. The van der Waals surface area contributed by atoms with E-state index < -0.39 is 0 Å². The fourth-order valence-electron chi connectivity index (χ4n) is 3.27. The van der Waals surface area contributed by atoms with Gasteiger partial charge in [-0.15, -0.1) is 0 Å². The quantitative estimate of drug-likeness (QED) is 0.741. The van der Waals surface area contributed by atoms with Crippen LogP contribution < -0.4 is 5.32 Å². The highest BCUT2D eigenvalue weighted by Crippen LogP contribution is 2.42. The minimum Gasteiger partial charge on any atom is -0.346 e. The molecule has 1 fully saturated rings. The van der Waals surface area contributed by atoms with Crippen LogP contribution in [0.5, 0.6) is 0 Å². The van der Waals surface area contributed by atoms with Crippen LogP contribution in [0.3, 0.4) is 0 Å². The Morgan fingerprint density at radius 3 is 2.46 bits per heavy atom. The molecule has 3 heterocycles. The molecule has 3 aromatic heterocycles. The number of anilines is 1. The van der Waals surface area contributed by atoms with Gasteiger partial charge in [-0.05, 0) is 69.9 Å². The van der Waals surface area contributed by atoms with Crippen LogP contribution in [0.4, 0.5) is 5.95 Å². The molecule has 0 aromatic carbocycles. The molecular formula is C21H23N5. The van der Waals surface area contributed by atoms with Gasteiger partial charge in [0.2, 0.25) is 5.95 Å². The third-order valence-electron chi connectivity index (χ3n) is 4.76. The number of hydrogen-bond donors (Lipinski definition) is 1. The number of aromatic nitrogens is 4. The average Bonchev–Trinajstić information content (AvgIpc) is 3.45. The summed E-state index contributed by atoms with van der Waals surface area (Å²) in [6.07, 6.45) is 4.24. The largest absolute Gasteiger partial charge is 0.346 e. The van der Waals surface area contributed by atoms with E-state index in [0.717, 1.165) is 34.0 Å². The monoisotopic (exact) mass is 345 g/mol. The van der Waals surface area contributed by atoms with E-state index in [2.05, 4.69) is 33.5 Å². The normalized spacial score (nSPS) is 14.9. The van der Waals surface area contributed by atoms with Crippen LogP contribution in [-0.2, 0) is 0 Å².